The summed E-state index contributed by atoms with van der Waals surface area (Å²) >= 11 is 0. The Hall–Kier alpha value is -3.61. The monoisotopic (exact) mass is 530 g/mol. The molecule has 12 nitrogen and oxygen atoms in total. The van der Waals surface area contributed by atoms with E-state index in [0.29, 0.717) is 5.56 Å². The summed E-state index contributed by atoms with van der Waals surface area (Å²) in [6.45, 7) is 3.91. The number of ether oxygens (including phenoxy) is 1. The highest BCUT2D eigenvalue weighted by molar-refractivity contribution is 6.17. The molecular weight excluding hydrogens is 500 g/mol. The molecule has 12 heteroatoms. The molecule has 0 radical (unpaired) electrons. The molecule has 0 heterocycles. The van der Waals surface area contributed by atoms with Gasteiger partial charge in [0.25, 0.3) is 0 Å². The molecule has 3 aliphatic rings. The number of hydrogen-bond acceptors (Lipinski definition) is 11. The molecule has 4 rings (SSSR count). The summed E-state index contributed by atoms with van der Waals surface area (Å²) in [6, 6.07) is 1.59. The van der Waals surface area contributed by atoms with E-state index >= 15 is 0 Å². The van der Waals surface area contributed by atoms with Gasteiger partial charge in [0.15, 0.2) is 23.0 Å². The van der Waals surface area contributed by atoms with Crippen molar-refractivity contribution in [1.82, 2.24) is 4.90 Å². The first kappa shape index (κ1) is 27.4. The summed E-state index contributed by atoms with van der Waals surface area (Å²) < 4.78 is 5.62. The number of benzene rings is 1. The van der Waals surface area contributed by atoms with Crippen molar-refractivity contribution in [3.05, 3.63) is 40.2 Å². The lowest BCUT2D eigenvalue weighted by atomic mass is 9.53. The van der Waals surface area contributed by atoms with Crippen molar-refractivity contribution in [3.63, 3.8) is 0 Å². The fourth-order valence-electron chi connectivity index (χ4n) is 6.56. The average Bonchev–Trinajstić information content (AvgIpc) is 2.80. The molecule has 1 saturated carbocycles. The molecule has 204 valence electrons. The lowest BCUT2D eigenvalue weighted by Crippen LogP contribution is -2.74. The minimum atomic E-state index is -2.96. The van der Waals surface area contributed by atoms with Crippen LogP contribution in [0.3, 0.4) is 0 Å². The number of aliphatic hydroxyl groups excluding tert-OH is 2. The van der Waals surface area contributed by atoms with E-state index in [0.717, 1.165) is 6.92 Å². The number of fused-ring (bicyclic) bond motifs is 3. The first-order chi connectivity index (χ1) is 17.6. The van der Waals surface area contributed by atoms with Gasteiger partial charge < -0.3 is 35.8 Å². The molecule has 1 aromatic rings. The number of Topliss-reactive ketones (excluding diaryl/α,β-unsaturated/α-hetero) is 3. The fourth-order valence-corrected chi connectivity index (χ4v) is 6.56. The van der Waals surface area contributed by atoms with Gasteiger partial charge in [0.1, 0.15) is 23.5 Å². The van der Waals surface area contributed by atoms with Crippen LogP contribution in [-0.2, 0) is 19.1 Å². The van der Waals surface area contributed by atoms with E-state index in [-0.39, 0.29) is 11.1 Å². The van der Waals surface area contributed by atoms with Gasteiger partial charge in [-0.1, -0.05) is 13.0 Å². The van der Waals surface area contributed by atoms with Crippen LogP contribution >= 0.6 is 0 Å². The number of aliphatic hydroxyl groups is 3. The summed E-state index contributed by atoms with van der Waals surface area (Å²) in [7, 11) is 2.99. The summed E-state index contributed by atoms with van der Waals surface area (Å²) in [5, 5.41) is 45.3. The van der Waals surface area contributed by atoms with Crippen molar-refractivity contribution in [1.29, 1.82) is 0 Å². The maximum absolute atomic E-state index is 13.8. The number of phenols is 1. The van der Waals surface area contributed by atoms with Gasteiger partial charge in [0.05, 0.1) is 23.1 Å². The molecule has 38 heavy (non-hydrogen) atoms. The molecule has 0 aromatic heterocycles. The third kappa shape index (κ3) is 3.51. The Balaban J connectivity index is 2.09. The van der Waals surface area contributed by atoms with E-state index in [1.165, 1.54) is 38.1 Å². The van der Waals surface area contributed by atoms with Crippen LogP contribution in [0.4, 0.5) is 0 Å². The lowest BCUT2D eigenvalue weighted by molar-refractivity contribution is -0.202. The maximum Gasteiger partial charge on any atom is 0.302 e. The number of phenolic OH excluding ortho intramolecular Hbond substituents is 1. The number of nitrogens with zero attached hydrogens (tertiary/aromatic N) is 1. The molecule has 3 aliphatic carbocycles. The van der Waals surface area contributed by atoms with Crippen LogP contribution in [0.2, 0.25) is 0 Å². The first-order valence-electron chi connectivity index (χ1n) is 12.0. The number of primary amides is 1. The first-order valence-corrected chi connectivity index (χ1v) is 12.0. The van der Waals surface area contributed by atoms with Crippen molar-refractivity contribution in [2.45, 2.75) is 50.5 Å². The van der Waals surface area contributed by atoms with E-state index in [1.807, 2.05) is 0 Å². The van der Waals surface area contributed by atoms with Gasteiger partial charge in [-0.05, 0) is 38.6 Å². The molecule has 8 atom stereocenters. The molecule has 0 aliphatic heterocycles. The number of nitrogens with two attached hydrogens (primary N) is 1. The number of hydrogen-bond donors (Lipinski definition) is 5. The number of likely N-dealkylation sites (N-methyl/N-ethyl adjacent to an activating group) is 1. The number of rotatable bonds is 4. The van der Waals surface area contributed by atoms with Crippen LogP contribution < -0.4 is 5.73 Å². The number of aromatic hydroxyl groups is 1. The highest BCUT2D eigenvalue weighted by Gasteiger charge is 2.70. The fraction of sp³-hybridized carbons (Fsp3) is 0.500. The summed E-state index contributed by atoms with van der Waals surface area (Å²) in [5.74, 6) is -12.0. The number of amides is 1. The van der Waals surface area contributed by atoms with Crippen LogP contribution in [0.1, 0.15) is 53.0 Å². The SMILES string of the molecule is CC(=O)O[C@H]1[C@H]2C(=C(O)[C@]3(O)C(=O)C(C(N)=O)C(O)[C@@H](N(C)C)[C@H]13)C(=O)c1c(ccc(C(C)=O)c1O)[C@@H]2C. The second-order valence-corrected chi connectivity index (χ2v) is 10.4. The van der Waals surface area contributed by atoms with E-state index in [9.17, 15) is 44.4 Å². The Kier molecular flexibility index (Phi) is 6.49. The minimum Gasteiger partial charge on any atom is -0.508 e. The molecule has 0 saturated heterocycles. The molecule has 1 amide bonds. The van der Waals surface area contributed by atoms with E-state index < -0.39 is 93.8 Å². The van der Waals surface area contributed by atoms with Crippen molar-refractivity contribution in [2.75, 3.05) is 14.1 Å². The Morgan fingerprint density at radius 1 is 1.11 bits per heavy atom. The zero-order chi connectivity index (χ0) is 28.6. The van der Waals surface area contributed by atoms with Gasteiger partial charge in [-0.25, -0.2) is 0 Å². The Labute approximate surface area is 217 Å². The zero-order valence-electron chi connectivity index (χ0n) is 21.5. The third-order valence-electron chi connectivity index (χ3n) is 8.15. The highest BCUT2D eigenvalue weighted by Crippen LogP contribution is 2.56. The van der Waals surface area contributed by atoms with E-state index in [2.05, 4.69) is 0 Å². The zero-order valence-corrected chi connectivity index (χ0v) is 21.5. The van der Waals surface area contributed by atoms with Crippen LogP contribution in [0, 0.1) is 17.8 Å². The third-order valence-corrected chi connectivity index (χ3v) is 8.15. The molecule has 1 aromatic carbocycles. The second-order valence-electron chi connectivity index (χ2n) is 10.4. The van der Waals surface area contributed by atoms with Gasteiger partial charge in [0.2, 0.25) is 5.91 Å². The minimum absolute atomic E-state index is 0.148. The predicted molar refractivity (Wildman–Crippen MR) is 129 cm³/mol. The van der Waals surface area contributed by atoms with Gasteiger partial charge in [-0.3, -0.25) is 24.0 Å². The average molecular weight is 531 g/mol. The maximum atomic E-state index is 13.8. The van der Waals surface area contributed by atoms with Crippen LogP contribution in [-0.4, -0.2) is 92.5 Å². The van der Waals surface area contributed by atoms with Gasteiger partial charge in [-0.15, -0.1) is 0 Å². The summed E-state index contributed by atoms with van der Waals surface area (Å²) in [4.78, 5) is 65.4. The van der Waals surface area contributed by atoms with Crippen molar-refractivity contribution >= 4 is 29.2 Å². The summed E-state index contributed by atoms with van der Waals surface area (Å²) in [5.41, 5.74) is 1.78. The van der Waals surface area contributed by atoms with Crippen molar-refractivity contribution in [3.8, 4) is 5.75 Å². The van der Waals surface area contributed by atoms with Crippen LogP contribution in [0.25, 0.3) is 0 Å². The molecule has 0 spiro atoms. The van der Waals surface area contributed by atoms with Crippen molar-refractivity contribution in [2.24, 2.45) is 23.5 Å². The lowest BCUT2D eigenvalue weighted by Gasteiger charge is -2.57. The second kappa shape index (κ2) is 9.00. The number of ketones is 3. The molecule has 2 unspecified atom stereocenters. The molecule has 0 bridgehead atoms. The van der Waals surface area contributed by atoms with Crippen molar-refractivity contribution < 1.29 is 49.1 Å². The number of esters is 1. The highest BCUT2D eigenvalue weighted by atomic mass is 16.5. The number of carbonyl (C=O) groups is 5. The smallest absolute Gasteiger partial charge is 0.302 e. The predicted octanol–water partition coefficient (Wildman–Crippen LogP) is -0.409. The Morgan fingerprint density at radius 2 is 1.71 bits per heavy atom. The molecule has 6 N–H and O–H groups in total. The van der Waals surface area contributed by atoms with Gasteiger partial charge in [0, 0.05) is 24.5 Å². The van der Waals surface area contributed by atoms with Crippen LogP contribution in [0.5, 0.6) is 5.75 Å². The molecule has 1 fully saturated rings. The quantitative estimate of drug-likeness (QED) is 0.192. The topological polar surface area (TPSA) is 205 Å². The van der Waals surface area contributed by atoms with Gasteiger partial charge in [-0.2, -0.15) is 0 Å². The summed E-state index contributed by atoms with van der Waals surface area (Å²) in [6.07, 6.45) is -3.18. The molecular formula is C26H30N2O10. The van der Waals surface area contributed by atoms with E-state index in [1.54, 1.807) is 6.92 Å². The standard InChI is InChI=1S/C26H30N2O10/c1-8-11-6-7-12(9(2)29)19(31)14(11)20(32)15-13(8)22(38-10(3)30)17-18(28(4)5)21(33)16(25(27)36)24(35)26(17,37)23(15)34/h6-8,13,16-18,21-22,31,33-34,37H,1-5H3,(H2,27,36)/t8-,13+,16?,17+,18-,21?,22-,26-/m0/s1. The Morgan fingerprint density at radius 3 is 2.21 bits per heavy atom. The number of carbonyl (C=O) groups excluding carboxylic acids is 5. The Bertz CT molecular complexity index is 1320. The van der Waals surface area contributed by atoms with E-state index in [4.69, 9.17) is 10.5 Å². The van der Waals surface area contributed by atoms with Crippen LogP contribution in [0.15, 0.2) is 23.5 Å². The normalized spacial score (nSPS) is 34.4. The van der Waals surface area contributed by atoms with Gasteiger partial charge >= 0.3 is 5.97 Å². The largest absolute Gasteiger partial charge is 0.508 e.